The fourth-order valence-electron chi connectivity index (χ4n) is 5.11. The molecule has 8 nitrogen and oxygen atoms in total. The number of anilines is 1. The lowest BCUT2D eigenvalue weighted by Gasteiger charge is -2.43. The number of halogens is 3. The Labute approximate surface area is 210 Å². The number of pyridine rings is 2. The maximum Gasteiger partial charge on any atom is 0.410 e. The van der Waals surface area contributed by atoms with Crippen LogP contribution in [0.3, 0.4) is 0 Å². The molecule has 5 heterocycles. The molecule has 0 spiro atoms. The highest BCUT2D eigenvalue weighted by molar-refractivity contribution is 9.10. The molecule has 2 unspecified atom stereocenters. The maximum absolute atomic E-state index is 15.3. The highest BCUT2D eigenvalue weighted by atomic mass is 79.9. The second-order valence-electron chi connectivity index (χ2n) is 10.4. The molecule has 184 valence electrons. The van der Waals surface area contributed by atoms with Crippen molar-refractivity contribution >= 4 is 50.2 Å². The van der Waals surface area contributed by atoms with Gasteiger partial charge >= 0.3 is 6.09 Å². The number of nitrogens with zero attached hydrogens (tertiary/aromatic N) is 4. The number of rotatable bonds is 3. The number of amides is 1. The number of fused-ring (bicyclic) bond motifs is 3. The van der Waals surface area contributed by atoms with E-state index in [1.165, 1.54) is 6.20 Å². The zero-order chi connectivity index (χ0) is 24.4. The molecule has 2 aromatic heterocycles. The summed E-state index contributed by atoms with van der Waals surface area (Å²) in [5, 5.41) is 10.7. The van der Waals surface area contributed by atoms with Gasteiger partial charge in [0.05, 0.1) is 47.5 Å². The van der Waals surface area contributed by atoms with Gasteiger partial charge in [-0.2, -0.15) is 0 Å². The van der Waals surface area contributed by atoms with Gasteiger partial charge in [-0.1, -0.05) is 11.6 Å². The summed E-state index contributed by atoms with van der Waals surface area (Å²) in [6.07, 6.45) is 2.94. The van der Waals surface area contributed by atoms with Crippen LogP contribution >= 0.6 is 27.5 Å². The smallest absolute Gasteiger partial charge is 0.410 e. The maximum atomic E-state index is 15.3. The van der Waals surface area contributed by atoms with Crippen molar-refractivity contribution in [3.63, 3.8) is 0 Å². The minimum atomic E-state index is -0.721. The SMILES string of the molecule is CC(C)(C)OC(=O)N1C2CCC1CN(c1nc(C3(CO)COC3)c(Br)c3c(F)c(Cl)ncc13)C2. The lowest BCUT2D eigenvalue weighted by atomic mass is 9.82. The minimum absolute atomic E-state index is 0.0403. The predicted molar refractivity (Wildman–Crippen MR) is 129 cm³/mol. The molecule has 3 fully saturated rings. The molecule has 3 saturated heterocycles. The molecule has 0 saturated carbocycles. The van der Waals surface area contributed by atoms with E-state index in [9.17, 15) is 9.90 Å². The zero-order valence-corrected chi connectivity index (χ0v) is 21.6. The zero-order valence-electron chi connectivity index (χ0n) is 19.3. The Balaban J connectivity index is 1.57. The van der Waals surface area contributed by atoms with Crippen LogP contribution in [0.4, 0.5) is 15.0 Å². The Morgan fingerprint density at radius 3 is 2.53 bits per heavy atom. The summed E-state index contributed by atoms with van der Waals surface area (Å²) >= 11 is 9.56. The number of aromatic nitrogens is 2. The van der Waals surface area contributed by atoms with Crippen LogP contribution in [0.15, 0.2) is 10.7 Å². The molecule has 3 aliphatic heterocycles. The Hall–Kier alpha value is -1.75. The van der Waals surface area contributed by atoms with Crippen LogP contribution in [-0.4, -0.2) is 76.7 Å². The second kappa shape index (κ2) is 8.43. The monoisotopic (exact) mass is 556 g/mol. The van der Waals surface area contributed by atoms with Crippen LogP contribution in [0.25, 0.3) is 10.8 Å². The largest absolute Gasteiger partial charge is 0.444 e. The Morgan fingerprint density at radius 2 is 2.00 bits per heavy atom. The average molecular weight is 558 g/mol. The van der Waals surface area contributed by atoms with Crippen LogP contribution in [-0.2, 0) is 14.9 Å². The molecule has 0 aromatic carbocycles. The number of hydrogen-bond donors (Lipinski definition) is 1. The standard InChI is InChI=1S/C23H27BrClFN4O4/c1-22(2,3)34-21(32)30-12-4-5-13(30)8-29(7-12)20-14-6-27-19(25)17(26)15(14)16(24)18(28-20)23(9-31)10-33-11-23/h6,12-13,31H,4-5,7-11H2,1-3H3. The fraction of sp³-hybridized carbons (Fsp3) is 0.609. The number of aliphatic hydroxyl groups excluding tert-OH is 1. The van der Waals surface area contributed by atoms with Crippen LogP contribution < -0.4 is 4.90 Å². The predicted octanol–water partition coefficient (Wildman–Crippen LogP) is 4.03. The van der Waals surface area contributed by atoms with E-state index in [0.717, 1.165) is 12.8 Å². The minimum Gasteiger partial charge on any atom is -0.444 e. The van der Waals surface area contributed by atoms with Crippen molar-refractivity contribution < 1.29 is 23.8 Å². The Bertz CT molecular complexity index is 1140. The molecule has 0 aliphatic carbocycles. The van der Waals surface area contributed by atoms with E-state index < -0.39 is 16.8 Å². The summed E-state index contributed by atoms with van der Waals surface area (Å²) in [6.45, 7) is 7.04. The van der Waals surface area contributed by atoms with E-state index >= 15 is 4.39 Å². The number of hydrogen-bond acceptors (Lipinski definition) is 7. The second-order valence-corrected chi connectivity index (χ2v) is 11.5. The van der Waals surface area contributed by atoms with Crippen molar-refractivity contribution in [2.24, 2.45) is 0 Å². The van der Waals surface area contributed by atoms with E-state index in [2.05, 4.69) is 25.8 Å². The summed E-state index contributed by atoms with van der Waals surface area (Å²) in [6, 6.07) is -0.0806. The third-order valence-electron chi connectivity index (χ3n) is 6.81. The Morgan fingerprint density at radius 1 is 1.35 bits per heavy atom. The lowest BCUT2D eigenvalue weighted by Crippen LogP contribution is -2.57. The summed E-state index contributed by atoms with van der Waals surface area (Å²) in [5.74, 6) is -0.0728. The molecule has 3 aliphatic rings. The van der Waals surface area contributed by atoms with Crippen molar-refractivity contribution in [2.45, 2.75) is 56.7 Å². The van der Waals surface area contributed by atoms with Crippen molar-refractivity contribution in [1.82, 2.24) is 14.9 Å². The first kappa shape index (κ1) is 24.0. The first-order chi connectivity index (χ1) is 16.0. The first-order valence-electron chi connectivity index (χ1n) is 11.3. The topological polar surface area (TPSA) is 88.0 Å². The third-order valence-corrected chi connectivity index (χ3v) is 7.85. The molecule has 1 amide bonds. The van der Waals surface area contributed by atoms with E-state index in [1.807, 2.05) is 25.7 Å². The molecular weight excluding hydrogens is 531 g/mol. The van der Waals surface area contributed by atoms with Gasteiger partial charge in [0, 0.05) is 30.1 Å². The van der Waals surface area contributed by atoms with Gasteiger partial charge in [-0.25, -0.2) is 19.2 Å². The number of carbonyl (C=O) groups excluding carboxylic acids is 1. The third kappa shape index (κ3) is 3.83. The molecular formula is C23H27BrClFN4O4. The van der Waals surface area contributed by atoms with Crippen molar-refractivity contribution in [1.29, 1.82) is 0 Å². The van der Waals surface area contributed by atoms with Crippen LogP contribution in [0.2, 0.25) is 5.15 Å². The van der Waals surface area contributed by atoms with Crippen LogP contribution in [0, 0.1) is 5.82 Å². The number of carbonyl (C=O) groups is 1. The lowest BCUT2D eigenvalue weighted by molar-refractivity contribution is -0.0864. The highest BCUT2D eigenvalue weighted by Gasteiger charge is 2.47. The number of ether oxygens (including phenoxy) is 2. The van der Waals surface area contributed by atoms with E-state index in [0.29, 0.717) is 34.5 Å². The molecule has 1 N–H and O–H groups in total. The summed E-state index contributed by atoms with van der Waals surface area (Å²) in [7, 11) is 0. The van der Waals surface area contributed by atoms with Crippen molar-refractivity contribution in [3.05, 3.63) is 27.3 Å². The first-order valence-corrected chi connectivity index (χ1v) is 12.5. The van der Waals surface area contributed by atoms with Gasteiger partial charge in [0.25, 0.3) is 0 Å². The van der Waals surface area contributed by atoms with Crippen LogP contribution in [0.5, 0.6) is 0 Å². The summed E-state index contributed by atoms with van der Waals surface area (Å²) < 4.78 is 26.7. The summed E-state index contributed by atoms with van der Waals surface area (Å²) in [5.41, 5.74) is -0.758. The average Bonchev–Trinajstić information content (AvgIpc) is 3.00. The van der Waals surface area contributed by atoms with Gasteiger partial charge in [-0.3, -0.25) is 4.90 Å². The van der Waals surface area contributed by atoms with E-state index in [-0.39, 0.29) is 48.5 Å². The van der Waals surface area contributed by atoms with Crippen LogP contribution in [0.1, 0.15) is 39.3 Å². The van der Waals surface area contributed by atoms with Crippen molar-refractivity contribution in [3.8, 4) is 0 Å². The van der Waals surface area contributed by atoms with Gasteiger partial charge in [0.2, 0.25) is 0 Å². The molecule has 11 heteroatoms. The van der Waals surface area contributed by atoms with E-state index in [1.54, 1.807) is 0 Å². The molecule has 2 aromatic rings. The quantitative estimate of drug-likeness (QED) is 0.570. The summed E-state index contributed by atoms with van der Waals surface area (Å²) in [4.78, 5) is 25.8. The highest BCUT2D eigenvalue weighted by Crippen LogP contribution is 2.44. The number of piperazine rings is 1. The molecule has 0 radical (unpaired) electrons. The van der Waals surface area contributed by atoms with Gasteiger partial charge in [-0.05, 0) is 49.5 Å². The van der Waals surface area contributed by atoms with Gasteiger partial charge in [0.1, 0.15) is 11.4 Å². The van der Waals surface area contributed by atoms with Gasteiger partial charge in [0.15, 0.2) is 11.0 Å². The molecule has 5 rings (SSSR count). The fourth-order valence-corrected chi connectivity index (χ4v) is 6.15. The number of aliphatic hydroxyl groups is 1. The Kier molecular flexibility index (Phi) is 5.94. The van der Waals surface area contributed by atoms with Gasteiger partial charge in [-0.15, -0.1) is 0 Å². The van der Waals surface area contributed by atoms with Gasteiger partial charge < -0.3 is 19.5 Å². The van der Waals surface area contributed by atoms with E-state index in [4.69, 9.17) is 26.1 Å². The van der Waals surface area contributed by atoms with Crippen molar-refractivity contribution in [2.75, 3.05) is 37.8 Å². The molecule has 34 heavy (non-hydrogen) atoms. The molecule has 2 bridgehead atoms. The normalized spacial score (nSPS) is 23.9. The molecule has 2 atom stereocenters.